The number of aromatic nitrogens is 1. The molecule has 0 unspecified atom stereocenters. The van der Waals surface area contributed by atoms with E-state index < -0.39 is 108 Å². The Morgan fingerprint density at radius 3 is 1.87 bits per heavy atom. The lowest BCUT2D eigenvalue weighted by Crippen LogP contribution is -2.61. The van der Waals surface area contributed by atoms with Crippen LogP contribution < -0.4 is 49.1 Å². The van der Waals surface area contributed by atoms with Gasteiger partial charge in [0.25, 0.3) is 0 Å². The topological polar surface area (TPSA) is 346 Å². The standard InChI is InChI=1S/C48H79N11O10S/c1-27(2)24-37(48(68)69)56-46(66)39(28(3)4)57-42(62)35(17-10-12-21-50)54-44(64)36(25-30-26-52-33-15-8-7-14-31(30)33)55-45(65)38-18-13-22-59(38)47(67)40(29(5)60)58-43(63)34(16-9-11-20-49)53-41(61)32(51)19-23-70-6/h7-8,14-15,26-29,32,34-40,52,60H,9-13,16-25,49-51H2,1-6H3,(H,53,61)(H,54,64)(H,55,65)(H,56,66)(H,57,62)(H,58,63)(H,68,69)/t29-,32+,34+,35+,36+,37+,38+,39+,40+/m1/s1. The van der Waals surface area contributed by atoms with Crippen LogP contribution in [0.3, 0.4) is 0 Å². The van der Waals surface area contributed by atoms with Gasteiger partial charge in [0.2, 0.25) is 41.4 Å². The number of carboxylic acid groups (broad SMARTS) is 1. The van der Waals surface area contributed by atoms with E-state index in [0.717, 1.165) is 10.9 Å². The second-order valence-electron chi connectivity index (χ2n) is 18.9. The van der Waals surface area contributed by atoms with Gasteiger partial charge in [0, 0.05) is 30.1 Å². The summed E-state index contributed by atoms with van der Waals surface area (Å²) in [7, 11) is 0. The maximum Gasteiger partial charge on any atom is 0.326 e. The first-order chi connectivity index (χ1) is 33.2. The average molecular weight is 1000 g/mol. The second-order valence-corrected chi connectivity index (χ2v) is 19.9. The highest BCUT2D eigenvalue weighted by Gasteiger charge is 2.42. The van der Waals surface area contributed by atoms with Crippen LogP contribution in [0.15, 0.2) is 30.5 Å². The molecule has 0 bridgehead atoms. The van der Waals surface area contributed by atoms with Gasteiger partial charge in [-0.3, -0.25) is 33.6 Å². The molecule has 9 atom stereocenters. The van der Waals surface area contributed by atoms with E-state index in [2.05, 4.69) is 36.9 Å². The normalized spacial score (nSPS) is 17.1. The number of aliphatic hydroxyl groups excluding tert-OH is 1. The Morgan fingerprint density at radius 1 is 0.743 bits per heavy atom. The number of hydrogen-bond acceptors (Lipinski definition) is 13. The number of fused-ring (bicyclic) bond motifs is 1. The summed E-state index contributed by atoms with van der Waals surface area (Å²) in [5.41, 5.74) is 19.0. The number of nitrogens with two attached hydrogens (primary N) is 3. The molecule has 0 radical (unpaired) electrons. The fraction of sp³-hybridized carbons (Fsp3) is 0.667. The van der Waals surface area contributed by atoms with E-state index in [0.29, 0.717) is 62.9 Å². The van der Waals surface area contributed by atoms with E-state index in [9.17, 15) is 48.6 Å². The number of nitrogens with one attached hydrogen (secondary N) is 7. The van der Waals surface area contributed by atoms with E-state index in [1.54, 1.807) is 20.0 Å². The van der Waals surface area contributed by atoms with Crippen molar-refractivity contribution in [3.8, 4) is 0 Å². The third-order valence-corrected chi connectivity index (χ3v) is 13.0. The zero-order valence-electron chi connectivity index (χ0n) is 41.6. The monoisotopic (exact) mass is 1000 g/mol. The number of unbranched alkanes of at least 4 members (excludes halogenated alkanes) is 2. The predicted molar refractivity (Wildman–Crippen MR) is 269 cm³/mol. The second kappa shape index (κ2) is 29.8. The minimum atomic E-state index is -1.51. The van der Waals surface area contributed by atoms with Crippen LogP contribution in [0.5, 0.6) is 0 Å². The Bertz CT molecular complexity index is 2050. The zero-order chi connectivity index (χ0) is 52.1. The molecule has 2 aromatic rings. The van der Waals surface area contributed by atoms with E-state index in [4.69, 9.17) is 17.2 Å². The van der Waals surface area contributed by atoms with Crippen molar-refractivity contribution in [1.82, 2.24) is 41.8 Å². The molecule has 1 aliphatic heterocycles. The highest BCUT2D eigenvalue weighted by Crippen LogP contribution is 2.23. The fourth-order valence-electron chi connectivity index (χ4n) is 8.32. The number of carboxylic acids is 1. The number of nitrogens with zero attached hydrogens (tertiary/aromatic N) is 1. The lowest BCUT2D eigenvalue weighted by atomic mass is 9.99. The maximum absolute atomic E-state index is 14.6. The SMILES string of the molecule is CSCC[C@H](N)C(=O)N[C@@H](CCCCN)C(=O)N[C@H](C(=O)N1CCC[C@H]1C(=O)N[C@@H](Cc1c[nH]c2ccccc12)C(=O)N[C@@H](CCCCN)C(=O)N[C@H](C(=O)N[C@@H](CC(C)C)C(=O)O)C(C)C)[C@@H](C)O. The number of para-hydroxylation sites is 1. The van der Waals surface area contributed by atoms with Gasteiger partial charge in [0.05, 0.1) is 12.1 Å². The van der Waals surface area contributed by atoms with Gasteiger partial charge >= 0.3 is 5.97 Å². The summed E-state index contributed by atoms with van der Waals surface area (Å²) in [4.78, 5) is 114. The molecule has 1 fully saturated rings. The Morgan fingerprint density at radius 2 is 1.31 bits per heavy atom. The fourth-order valence-corrected chi connectivity index (χ4v) is 8.80. The van der Waals surface area contributed by atoms with Crippen LogP contribution >= 0.6 is 11.8 Å². The number of aliphatic carboxylic acids is 1. The van der Waals surface area contributed by atoms with Gasteiger partial charge in [-0.2, -0.15) is 11.8 Å². The Kier molecular flexibility index (Phi) is 25.1. The summed E-state index contributed by atoms with van der Waals surface area (Å²) in [6.45, 7) is 9.11. The molecule has 1 saturated heterocycles. The van der Waals surface area contributed by atoms with Crippen LogP contribution in [0.2, 0.25) is 0 Å². The van der Waals surface area contributed by atoms with Gasteiger partial charge < -0.3 is 69.2 Å². The number of likely N-dealkylation sites (tertiary alicyclic amines) is 1. The van der Waals surface area contributed by atoms with Crippen molar-refractivity contribution in [2.75, 3.05) is 31.6 Å². The lowest BCUT2D eigenvalue weighted by Gasteiger charge is -2.32. The van der Waals surface area contributed by atoms with Crippen molar-refractivity contribution in [3.63, 3.8) is 0 Å². The van der Waals surface area contributed by atoms with Crippen LogP contribution in [0.1, 0.15) is 104 Å². The Hall–Kier alpha value is -5.29. The lowest BCUT2D eigenvalue weighted by molar-refractivity contribution is -0.144. The number of aromatic amines is 1. The number of thioether (sulfide) groups is 1. The number of benzene rings is 1. The van der Waals surface area contributed by atoms with Gasteiger partial charge in [-0.25, -0.2) is 4.79 Å². The molecule has 392 valence electrons. The number of aliphatic hydroxyl groups is 1. The molecule has 70 heavy (non-hydrogen) atoms. The number of amides is 7. The molecule has 7 amide bonds. The van der Waals surface area contributed by atoms with Gasteiger partial charge in [-0.05, 0) is 120 Å². The molecule has 0 saturated carbocycles. The largest absolute Gasteiger partial charge is 0.480 e. The smallest absolute Gasteiger partial charge is 0.326 e. The van der Waals surface area contributed by atoms with Crippen molar-refractivity contribution >= 4 is 70.0 Å². The van der Waals surface area contributed by atoms with Crippen molar-refractivity contribution in [2.24, 2.45) is 29.0 Å². The highest BCUT2D eigenvalue weighted by atomic mass is 32.2. The van der Waals surface area contributed by atoms with Crippen molar-refractivity contribution in [3.05, 3.63) is 36.0 Å². The summed E-state index contributed by atoms with van der Waals surface area (Å²) in [6, 6.07) is -2.11. The zero-order valence-corrected chi connectivity index (χ0v) is 42.4. The number of rotatable bonds is 31. The molecule has 0 spiro atoms. The Labute approximate surface area is 415 Å². The minimum Gasteiger partial charge on any atom is -0.480 e. The van der Waals surface area contributed by atoms with Crippen LogP contribution in [-0.2, 0) is 44.8 Å². The summed E-state index contributed by atoms with van der Waals surface area (Å²) in [5, 5.41) is 37.7. The molecule has 1 aliphatic rings. The number of hydrogen-bond donors (Lipinski definition) is 12. The molecular formula is C48H79N11O10S. The highest BCUT2D eigenvalue weighted by molar-refractivity contribution is 7.98. The van der Waals surface area contributed by atoms with Crippen molar-refractivity contribution in [1.29, 1.82) is 0 Å². The van der Waals surface area contributed by atoms with Crippen LogP contribution in [0, 0.1) is 11.8 Å². The quantitative estimate of drug-likeness (QED) is 0.0447. The molecule has 15 N–H and O–H groups in total. The first-order valence-electron chi connectivity index (χ1n) is 24.5. The predicted octanol–water partition coefficient (Wildman–Crippen LogP) is 0.116. The van der Waals surface area contributed by atoms with Gasteiger partial charge in [0.15, 0.2) is 0 Å². The third-order valence-electron chi connectivity index (χ3n) is 12.3. The molecule has 22 heteroatoms. The maximum atomic E-state index is 14.6. The number of carbonyl (C=O) groups is 8. The number of H-pyrrole nitrogens is 1. The molecular weight excluding hydrogens is 923 g/mol. The molecule has 3 rings (SSSR count). The van der Waals surface area contributed by atoms with Crippen LogP contribution in [0.25, 0.3) is 10.9 Å². The summed E-state index contributed by atoms with van der Waals surface area (Å²) < 4.78 is 0. The van der Waals surface area contributed by atoms with Gasteiger partial charge in [-0.1, -0.05) is 45.9 Å². The molecule has 21 nitrogen and oxygen atoms in total. The molecule has 0 aliphatic carbocycles. The average Bonchev–Trinajstić information content (AvgIpc) is 3.98. The first-order valence-corrected chi connectivity index (χ1v) is 25.9. The van der Waals surface area contributed by atoms with Crippen molar-refractivity contribution < 1.29 is 48.6 Å². The minimum absolute atomic E-state index is 0.0456. The Balaban J connectivity index is 1.91. The van der Waals surface area contributed by atoms with E-state index in [-0.39, 0.29) is 44.6 Å². The van der Waals surface area contributed by atoms with E-state index in [1.807, 2.05) is 44.4 Å². The summed E-state index contributed by atoms with van der Waals surface area (Å²) in [5.74, 6) is -5.95. The van der Waals surface area contributed by atoms with Crippen LogP contribution in [-0.4, -0.2) is 153 Å². The summed E-state index contributed by atoms with van der Waals surface area (Å²) >= 11 is 1.52. The molecule has 1 aromatic carbocycles. The van der Waals surface area contributed by atoms with E-state index in [1.165, 1.54) is 23.6 Å². The first kappa shape index (κ1) is 59.0. The van der Waals surface area contributed by atoms with E-state index >= 15 is 0 Å². The van der Waals surface area contributed by atoms with Crippen LogP contribution in [0.4, 0.5) is 0 Å². The van der Waals surface area contributed by atoms with Crippen molar-refractivity contribution in [2.45, 2.75) is 160 Å². The molecule has 1 aromatic heterocycles. The third kappa shape index (κ3) is 18.1. The van der Waals surface area contributed by atoms with Gasteiger partial charge in [-0.15, -0.1) is 0 Å². The molecule has 2 heterocycles. The summed E-state index contributed by atoms with van der Waals surface area (Å²) in [6.07, 6.45) is 5.50. The van der Waals surface area contributed by atoms with Gasteiger partial charge in [0.1, 0.15) is 42.3 Å². The number of carbonyl (C=O) groups excluding carboxylic acids is 7.